The van der Waals surface area contributed by atoms with Gasteiger partial charge in [0.15, 0.2) is 34.5 Å². The Morgan fingerprint density at radius 3 is 1.63 bits per heavy atom. The molecule has 0 heterocycles. The molecule has 0 aliphatic rings. The minimum Gasteiger partial charge on any atom is -0.497 e. The number of ether oxygens (including phenoxy) is 8. The first-order valence-corrected chi connectivity index (χ1v) is 14.5. The topological polar surface area (TPSA) is 90.9 Å². The molecule has 0 amide bonds. The van der Waals surface area contributed by atoms with Gasteiger partial charge in [-0.3, -0.25) is 4.79 Å². The maximum atomic E-state index is 13.6. The molecule has 0 aromatic heterocycles. The number of carbonyl (C=O) groups is 1. The van der Waals surface area contributed by atoms with E-state index in [0.717, 1.165) is 43.1 Å². The third-order valence-electron chi connectivity index (χ3n) is 8.21. The second kappa shape index (κ2) is 12.4. The van der Waals surface area contributed by atoms with Crippen LogP contribution in [0.5, 0.6) is 46.0 Å². The molecule has 0 aliphatic heterocycles. The van der Waals surface area contributed by atoms with Crippen molar-refractivity contribution in [2.75, 3.05) is 49.8 Å². The predicted octanol–water partition coefficient (Wildman–Crippen LogP) is 7.51. The van der Waals surface area contributed by atoms with E-state index in [1.165, 1.54) is 0 Å². The summed E-state index contributed by atoms with van der Waals surface area (Å²) in [6, 6.07) is 20.8. The van der Waals surface area contributed by atoms with E-state index in [1.54, 1.807) is 61.9 Å². The zero-order valence-corrected chi connectivity index (χ0v) is 26.7. The van der Waals surface area contributed by atoms with Gasteiger partial charge in [-0.15, -0.1) is 0 Å². The average Bonchev–Trinajstić information content (AvgIpc) is 3.09. The van der Waals surface area contributed by atoms with E-state index in [4.69, 9.17) is 37.9 Å². The van der Waals surface area contributed by atoms with Crippen LogP contribution in [0, 0.1) is 0 Å². The van der Waals surface area contributed by atoms with Crippen LogP contribution in [0.4, 0.5) is 0 Å². The molecule has 0 fully saturated rings. The number of hydrogen-bond acceptors (Lipinski definition) is 9. The molecule has 236 valence electrons. The van der Waals surface area contributed by atoms with Gasteiger partial charge < -0.3 is 37.9 Å². The van der Waals surface area contributed by atoms with Gasteiger partial charge in [0.25, 0.3) is 0 Å². The normalized spacial score (nSPS) is 11.1. The highest BCUT2D eigenvalue weighted by Crippen LogP contribution is 2.48. The van der Waals surface area contributed by atoms with Gasteiger partial charge in [0.2, 0.25) is 0 Å². The summed E-state index contributed by atoms with van der Waals surface area (Å²) in [5.74, 6) is 3.96. The fraction of sp³-hybridized carbons (Fsp3) is 0.216. The standard InChI is InChI=1S/C37H34O9/c1-39-22-9-10-23-25(16-22)26-18-32(44-6)33(45-7)19-27(26)37-34(15-21-14-30(42-4)31(43-5)17-24(21)36(23)37)46-35(38)13-20-8-11-28(40-2)29(12-20)41-3/h8-12,14-19H,13H2,1-7H3. The number of carbonyl (C=O) groups excluding carboxylic acids is 1. The molecule has 0 spiro atoms. The largest absolute Gasteiger partial charge is 0.497 e. The highest BCUT2D eigenvalue weighted by atomic mass is 16.5. The number of rotatable bonds is 10. The lowest BCUT2D eigenvalue weighted by Crippen LogP contribution is -2.12. The molecular weight excluding hydrogens is 588 g/mol. The maximum Gasteiger partial charge on any atom is 0.315 e. The van der Waals surface area contributed by atoms with Gasteiger partial charge in [-0.05, 0) is 92.5 Å². The maximum absolute atomic E-state index is 13.6. The quantitative estimate of drug-likeness (QED) is 0.0875. The fourth-order valence-corrected chi connectivity index (χ4v) is 6.05. The van der Waals surface area contributed by atoms with Crippen molar-refractivity contribution in [1.29, 1.82) is 0 Å². The molecular formula is C37H34O9. The first kappa shape index (κ1) is 30.5. The Kier molecular flexibility index (Phi) is 8.23. The molecule has 0 unspecified atom stereocenters. The van der Waals surface area contributed by atoms with Gasteiger partial charge in [-0.2, -0.15) is 0 Å². The Labute approximate surface area is 266 Å². The van der Waals surface area contributed by atoms with Crippen LogP contribution in [-0.4, -0.2) is 55.7 Å². The van der Waals surface area contributed by atoms with Crippen LogP contribution in [0.15, 0.2) is 66.7 Å². The van der Waals surface area contributed by atoms with E-state index in [1.807, 2.05) is 54.6 Å². The van der Waals surface area contributed by atoms with Crippen LogP contribution < -0.4 is 37.9 Å². The molecule has 0 radical (unpaired) electrons. The van der Waals surface area contributed by atoms with Crippen LogP contribution in [0.1, 0.15) is 5.56 Å². The third kappa shape index (κ3) is 5.13. The summed E-state index contributed by atoms with van der Waals surface area (Å²) >= 11 is 0. The first-order valence-electron chi connectivity index (χ1n) is 14.5. The van der Waals surface area contributed by atoms with Crippen LogP contribution >= 0.6 is 0 Å². The smallest absolute Gasteiger partial charge is 0.315 e. The van der Waals surface area contributed by atoms with Crippen molar-refractivity contribution in [3.05, 3.63) is 72.3 Å². The summed E-state index contributed by atoms with van der Waals surface area (Å²) in [5, 5.41) is 6.81. The van der Waals surface area contributed by atoms with Gasteiger partial charge >= 0.3 is 5.97 Å². The summed E-state index contributed by atoms with van der Waals surface area (Å²) in [7, 11) is 11.1. The minimum atomic E-state index is -0.447. The predicted molar refractivity (Wildman–Crippen MR) is 178 cm³/mol. The van der Waals surface area contributed by atoms with E-state index < -0.39 is 5.97 Å². The number of benzene rings is 6. The molecule has 6 aromatic carbocycles. The molecule has 46 heavy (non-hydrogen) atoms. The van der Waals surface area contributed by atoms with Crippen molar-refractivity contribution in [2.24, 2.45) is 0 Å². The van der Waals surface area contributed by atoms with E-state index in [9.17, 15) is 4.79 Å². The molecule has 0 bridgehead atoms. The van der Waals surface area contributed by atoms with Crippen molar-refractivity contribution in [3.63, 3.8) is 0 Å². The molecule has 0 saturated carbocycles. The van der Waals surface area contributed by atoms with E-state index in [-0.39, 0.29) is 6.42 Å². The lowest BCUT2D eigenvalue weighted by Gasteiger charge is -2.19. The lowest BCUT2D eigenvalue weighted by atomic mass is 9.90. The van der Waals surface area contributed by atoms with Crippen molar-refractivity contribution in [1.82, 2.24) is 0 Å². The molecule has 9 heteroatoms. The third-order valence-corrected chi connectivity index (χ3v) is 8.21. The van der Waals surface area contributed by atoms with Gasteiger partial charge in [0.1, 0.15) is 11.5 Å². The number of methoxy groups -OCH3 is 7. The van der Waals surface area contributed by atoms with E-state index >= 15 is 0 Å². The molecule has 0 saturated heterocycles. The molecule has 0 aliphatic carbocycles. The number of hydrogen-bond donors (Lipinski definition) is 0. The molecule has 6 rings (SSSR count). The highest BCUT2D eigenvalue weighted by molar-refractivity contribution is 6.33. The molecule has 0 N–H and O–H groups in total. The Bertz CT molecular complexity index is 2130. The first-order chi connectivity index (χ1) is 22.4. The Balaban J connectivity index is 1.68. The van der Waals surface area contributed by atoms with Crippen molar-refractivity contribution in [3.8, 4) is 46.0 Å². The summed E-state index contributed by atoms with van der Waals surface area (Å²) in [5.41, 5.74) is 0.716. The second-order valence-corrected chi connectivity index (χ2v) is 10.6. The van der Waals surface area contributed by atoms with E-state index in [0.29, 0.717) is 51.6 Å². The Hall–Kier alpha value is -5.57. The average molecular weight is 623 g/mol. The molecule has 0 atom stereocenters. The summed E-state index contributed by atoms with van der Waals surface area (Å²) in [4.78, 5) is 13.6. The Morgan fingerprint density at radius 1 is 0.457 bits per heavy atom. The number of fused-ring (bicyclic) bond motifs is 8. The lowest BCUT2D eigenvalue weighted by molar-refractivity contribution is -0.133. The van der Waals surface area contributed by atoms with Crippen LogP contribution in [-0.2, 0) is 11.2 Å². The van der Waals surface area contributed by atoms with Gasteiger partial charge in [0, 0.05) is 10.8 Å². The zero-order chi connectivity index (χ0) is 32.5. The van der Waals surface area contributed by atoms with Gasteiger partial charge in [-0.1, -0.05) is 12.1 Å². The van der Waals surface area contributed by atoms with Crippen molar-refractivity contribution >= 4 is 49.1 Å². The van der Waals surface area contributed by atoms with E-state index in [2.05, 4.69) is 0 Å². The van der Waals surface area contributed by atoms with Gasteiger partial charge in [0.05, 0.1) is 56.2 Å². The van der Waals surface area contributed by atoms with Crippen LogP contribution in [0.3, 0.4) is 0 Å². The highest BCUT2D eigenvalue weighted by Gasteiger charge is 2.22. The summed E-state index contributed by atoms with van der Waals surface area (Å²) in [6.07, 6.45) is 0.00563. The molecule has 9 nitrogen and oxygen atoms in total. The minimum absolute atomic E-state index is 0.00563. The van der Waals surface area contributed by atoms with Crippen molar-refractivity contribution < 1.29 is 42.7 Å². The van der Waals surface area contributed by atoms with Crippen molar-refractivity contribution in [2.45, 2.75) is 6.42 Å². The number of esters is 1. The summed E-state index contributed by atoms with van der Waals surface area (Å²) in [6.45, 7) is 0. The fourth-order valence-electron chi connectivity index (χ4n) is 6.05. The summed E-state index contributed by atoms with van der Waals surface area (Å²) < 4.78 is 45.4. The van der Waals surface area contributed by atoms with Gasteiger partial charge in [-0.25, -0.2) is 0 Å². The van der Waals surface area contributed by atoms with Crippen LogP contribution in [0.2, 0.25) is 0 Å². The Morgan fingerprint density at radius 2 is 1.00 bits per heavy atom. The zero-order valence-electron chi connectivity index (χ0n) is 26.7. The SMILES string of the molecule is COc1ccc2c(c1)c1cc(OC)c(OC)cc1c1c(OC(=O)Cc3ccc(OC)c(OC)c3)cc3cc(OC)c(OC)cc3c21. The second-order valence-electron chi connectivity index (χ2n) is 10.6. The molecule has 6 aromatic rings. The monoisotopic (exact) mass is 622 g/mol. The van der Waals surface area contributed by atoms with Crippen LogP contribution in [0.25, 0.3) is 43.1 Å².